The molecular formula is C18H17ClN2O5. The number of anilines is 1. The number of fused-ring (bicyclic) bond motifs is 1. The molecule has 1 aliphatic heterocycles. The average Bonchev–Trinajstić information content (AvgIpc) is 2.66. The molecule has 1 heterocycles. The Morgan fingerprint density at radius 3 is 2.77 bits per heavy atom. The van der Waals surface area contributed by atoms with E-state index in [1.54, 1.807) is 6.07 Å². The first-order chi connectivity index (χ1) is 12.5. The van der Waals surface area contributed by atoms with Crippen LogP contribution < -0.4 is 20.5 Å². The van der Waals surface area contributed by atoms with Crippen molar-refractivity contribution in [2.24, 2.45) is 0 Å². The summed E-state index contributed by atoms with van der Waals surface area (Å²) in [5.41, 5.74) is 6.12. The summed E-state index contributed by atoms with van der Waals surface area (Å²) >= 11 is 5.80. The number of carbonyl (C=O) groups excluding carboxylic acids is 2. The molecule has 3 N–H and O–H groups in total. The normalized spacial score (nSPS) is 15.2. The van der Waals surface area contributed by atoms with Crippen LogP contribution in [0.5, 0.6) is 11.5 Å². The minimum absolute atomic E-state index is 0.223. The second kappa shape index (κ2) is 7.97. The molecule has 7 nitrogen and oxygen atoms in total. The van der Waals surface area contributed by atoms with Crippen molar-refractivity contribution in [2.45, 2.75) is 6.10 Å². The SMILES string of the molecule is Nc1cc(C(=O)OCC(=O)NC[C@@H]2COc3ccccc3O2)ccc1Cl. The fourth-order valence-corrected chi connectivity index (χ4v) is 2.45. The third kappa shape index (κ3) is 4.37. The van der Waals surface area contributed by atoms with Gasteiger partial charge in [0.05, 0.1) is 22.8 Å². The summed E-state index contributed by atoms with van der Waals surface area (Å²) in [7, 11) is 0. The number of amides is 1. The maximum Gasteiger partial charge on any atom is 0.338 e. The van der Waals surface area contributed by atoms with E-state index in [0.717, 1.165) is 0 Å². The van der Waals surface area contributed by atoms with Crippen molar-refractivity contribution in [1.82, 2.24) is 5.32 Å². The van der Waals surface area contributed by atoms with Gasteiger partial charge in [-0.2, -0.15) is 0 Å². The van der Waals surface area contributed by atoms with Crippen LogP contribution in [0, 0.1) is 0 Å². The van der Waals surface area contributed by atoms with E-state index < -0.39 is 18.5 Å². The Morgan fingerprint density at radius 1 is 1.23 bits per heavy atom. The fourth-order valence-electron chi connectivity index (χ4n) is 2.33. The lowest BCUT2D eigenvalue weighted by atomic mass is 10.2. The number of carbonyl (C=O) groups is 2. The number of rotatable bonds is 5. The van der Waals surface area contributed by atoms with Crippen molar-refractivity contribution in [1.29, 1.82) is 0 Å². The van der Waals surface area contributed by atoms with Crippen LogP contribution in [0.4, 0.5) is 5.69 Å². The van der Waals surface area contributed by atoms with E-state index in [0.29, 0.717) is 23.1 Å². The molecule has 0 aliphatic carbocycles. The molecule has 2 aromatic carbocycles. The smallest absolute Gasteiger partial charge is 0.338 e. The number of hydrogen-bond donors (Lipinski definition) is 2. The number of nitrogen functional groups attached to an aromatic ring is 1. The summed E-state index contributed by atoms with van der Waals surface area (Å²) in [5.74, 6) is 0.202. The Hall–Kier alpha value is -2.93. The topological polar surface area (TPSA) is 99.9 Å². The second-order valence-corrected chi connectivity index (χ2v) is 6.02. The van der Waals surface area contributed by atoms with Gasteiger partial charge in [0.1, 0.15) is 12.7 Å². The van der Waals surface area contributed by atoms with Gasteiger partial charge in [0.25, 0.3) is 5.91 Å². The highest BCUT2D eigenvalue weighted by molar-refractivity contribution is 6.33. The van der Waals surface area contributed by atoms with E-state index in [9.17, 15) is 9.59 Å². The van der Waals surface area contributed by atoms with Crippen molar-refractivity contribution in [3.05, 3.63) is 53.1 Å². The number of hydrogen-bond acceptors (Lipinski definition) is 6. The molecule has 0 bridgehead atoms. The quantitative estimate of drug-likeness (QED) is 0.612. The van der Waals surface area contributed by atoms with Crippen molar-refractivity contribution >= 4 is 29.2 Å². The van der Waals surface area contributed by atoms with Crippen molar-refractivity contribution in [2.75, 3.05) is 25.5 Å². The highest BCUT2D eigenvalue weighted by Crippen LogP contribution is 2.30. The highest BCUT2D eigenvalue weighted by atomic mass is 35.5. The molecule has 136 valence electrons. The number of nitrogens with one attached hydrogen (secondary N) is 1. The summed E-state index contributed by atoms with van der Waals surface area (Å²) in [6, 6.07) is 11.7. The number of esters is 1. The summed E-state index contributed by atoms with van der Waals surface area (Å²) in [5, 5.41) is 2.99. The van der Waals surface area contributed by atoms with Crippen LogP contribution in [0.3, 0.4) is 0 Å². The van der Waals surface area contributed by atoms with E-state index in [1.165, 1.54) is 18.2 Å². The number of nitrogens with two attached hydrogens (primary N) is 1. The molecule has 2 aromatic rings. The Kier molecular flexibility index (Phi) is 5.48. The highest BCUT2D eigenvalue weighted by Gasteiger charge is 2.21. The zero-order valence-electron chi connectivity index (χ0n) is 13.7. The van der Waals surface area contributed by atoms with Gasteiger partial charge in [-0.1, -0.05) is 23.7 Å². The molecule has 1 amide bonds. The molecular weight excluding hydrogens is 360 g/mol. The minimum atomic E-state index is -0.658. The molecule has 0 fully saturated rings. The summed E-state index contributed by atoms with van der Waals surface area (Å²) in [4.78, 5) is 23.8. The van der Waals surface area contributed by atoms with Gasteiger partial charge in [0, 0.05) is 0 Å². The van der Waals surface area contributed by atoms with Crippen LogP contribution in [0.15, 0.2) is 42.5 Å². The third-order valence-electron chi connectivity index (χ3n) is 3.66. The molecule has 0 saturated heterocycles. The molecule has 3 rings (SSSR count). The maximum atomic E-state index is 11.9. The van der Waals surface area contributed by atoms with Gasteiger partial charge in [0.15, 0.2) is 18.1 Å². The lowest BCUT2D eigenvalue weighted by Gasteiger charge is -2.26. The van der Waals surface area contributed by atoms with E-state index in [1.807, 2.05) is 18.2 Å². The standard InChI is InChI=1S/C18H17ClN2O5/c19-13-6-5-11(7-14(13)20)18(23)25-10-17(22)21-8-12-9-24-15-3-1-2-4-16(15)26-12/h1-7,12H,8-10,20H2,(H,21,22)/t12-/m1/s1. The lowest BCUT2D eigenvalue weighted by molar-refractivity contribution is -0.124. The molecule has 0 unspecified atom stereocenters. The number of benzene rings is 2. The van der Waals surface area contributed by atoms with Crippen LogP contribution in [0.1, 0.15) is 10.4 Å². The first kappa shape index (κ1) is 17.9. The largest absolute Gasteiger partial charge is 0.486 e. The molecule has 8 heteroatoms. The summed E-state index contributed by atoms with van der Waals surface area (Å²) in [6.45, 7) is 0.144. The molecule has 26 heavy (non-hydrogen) atoms. The van der Waals surface area contributed by atoms with Crippen molar-refractivity contribution in [3.63, 3.8) is 0 Å². The second-order valence-electron chi connectivity index (χ2n) is 5.61. The van der Waals surface area contributed by atoms with E-state index >= 15 is 0 Å². The zero-order chi connectivity index (χ0) is 18.5. The van der Waals surface area contributed by atoms with Gasteiger partial charge in [-0.25, -0.2) is 4.79 Å². The van der Waals surface area contributed by atoms with Crippen LogP contribution >= 0.6 is 11.6 Å². The van der Waals surface area contributed by atoms with Gasteiger partial charge >= 0.3 is 5.97 Å². The molecule has 1 aliphatic rings. The minimum Gasteiger partial charge on any atom is -0.486 e. The van der Waals surface area contributed by atoms with Gasteiger partial charge in [-0.05, 0) is 30.3 Å². The van der Waals surface area contributed by atoms with E-state index in [-0.39, 0.29) is 23.9 Å². The van der Waals surface area contributed by atoms with Crippen LogP contribution in [0.25, 0.3) is 0 Å². The predicted molar refractivity (Wildman–Crippen MR) is 95.5 cm³/mol. The Morgan fingerprint density at radius 2 is 2.00 bits per heavy atom. The van der Waals surface area contributed by atoms with Gasteiger partial charge in [0.2, 0.25) is 0 Å². The first-order valence-electron chi connectivity index (χ1n) is 7.90. The van der Waals surface area contributed by atoms with Crippen molar-refractivity contribution in [3.8, 4) is 11.5 Å². The van der Waals surface area contributed by atoms with Crippen molar-refractivity contribution < 1.29 is 23.8 Å². The number of ether oxygens (including phenoxy) is 3. The van der Waals surface area contributed by atoms with E-state index in [2.05, 4.69) is 5.32 Å². The van der Waals surface area contributed by atoms with Crippen LogP contribution in [-0.4, -0.2) is 37.7 Å². The zero-order valence-corrected chi connectivity index (χ0v) is 14.5. The molecule has 0 radical (unpaired) electrons. The fraction of sp³-hybridized carbons (Fsp3) is 0.222. The number of halogens is 1. The predicted octanol–water partition coefficient (Wildman–Crippen LogP) is 2.04. The van der Waals surface area contributed by atoms with E-state index in [4.69, 9.17) is 31.5 Å². The Bertz CT molecular complexity index is 827. The van der Waals surface area contributed by atoms with Gasteiger partial charge in [-0.3, -0.25) is 4.79 Å². The maximum absolute atomic E-state index is 11.9. The summed E-state index contributed by atoms with van der Waals surface area (Å²) < 4.78 is 16.2. The Balaban J connectivity index is 1.43. The molecule has 0 spiro atoms. The third-order valence-corrected chi connectivity index (χ3v) is 4.00. The molecule has 0 saturated carbocycles. The summed E-state index contributed by atoms with van der Waals surface area (Å²) in [6.07, 6.45) is -0.319. The van der Waals surface area contributed by atoms with Gasteiger partial charge < -0.3 is 25.3 Å². The Labute approximate surface area is 155 Å². The van der Waals surface area contributed by atoms with Gasteiger partial charge in [-0.15, -0.1) is 0 Å². The number of para-hydroxylation sites is 2. The van der Waals surface area contributed by atoms with Crippen LogP contribution in [-0.2, 0) is 9.53 Å². The molecule has 1 atom stereocenters. The lowest BCUT2D eigenvalue weighted by Crippen LogP contribution is -2.42. The first-order valence-corrected chi connectivity index (χ1v) is 8.28. The monoisotopic (exact) mass is 376 g/mol. The average molecular weight is 377 g/mol. The van der Waals surface area contributed by atoms with Crippen LogP contribution in [0.2, 0.25) is 5.02 Å². The molecule has 0 aromatic heterocycles.